The van der Waals surface area contributed by atoms with Gasteiger partial charge in [0.2, 0.25) is 5.91 Å². The maximum absolute atomic E-state index is 11.8. The quantitative estimate of drug-likeness (QED) is 0.815. The summed E-state index contributed by atoms with van der Waals surface area (Å²) in [5.74, 6) is 1.20. The molecule has 0 aliphatic carbocycles. The predicted molar refractivity (Wildman–Crippen MR) is 73.4 cm³/mol. The van der Waals surface area contributed by atoms with Crippen LogP contribution in [0.25, 0.3) is 0 Å². The van der Waals surface area contributed by atoms with Crippen LogP contribution in [0.2, 0.25) is 0 Å². The number of ether oxygens (including phenoxy) is 3. The summed E-state index contributed by atoms with van der Waals surface area (Å²) in [5.41, 5.74) is 0.535. The molecule has 1 rings (SSSR count). The van der Waals surface area contributed by atoms with Crippen molar-refractivity contribution in [1.82, 2.24) is 5.32 Å². The molecule has 0 spiro atoms. The standard InChI is InChI=1S/C13H18ClNO4/c1-5-15-13(16)12(14)8-6-10(18-3)11(19-4)7-9(8)17-2/h6-7,12H,5H2,1-4H3,(H,15,16). The number of carbonyl (C=O) groups excluding carboxylic acids is 1. The zero-order chi connectivity index (χ0) is 14.4. The summed E-state index contributed by atoms with van der Waals surface area (Å²) in [5, 5.41) is 1.81. The molecule has 0 heterocycles. The van der Waals surface area contributed by atoms with Crippen molar-refractivity contribution < 1.29 is 19.0 Å². The van der Waals surface area contributed by atoms with Gasteiger partial charge in [-0.3, -0.25) is 4.79 Å². The average molecular weight is 288 g/mol. The molecule has 0 saturated carbocycles. The molecule has 0 bridgehead atoms. The monoisotopic (exact) mass is 287 g/mol. The number of amides is 1. The van der Waals surface area contributed by atoms with Crippen LogP contribution in [-0.4, -0.2) is 33.8 Å². The van der Waals surface area contributed by atoms with E-state index in [4.69, 9.17) is 25.8 Å². The highest BCUT2D eigenvalue weighted by atomic mass is 35.5. The summed E-state index contributed by atoms with van der Waals surface area (Å²) in [6, 6.07) is 3.29. The third-order valence-corrected chi connectivity index (χ3v) is 3.02. The first kappa shape index (κ1) is 15.4. The van der Waals surface area contributed by atoms with Gasteiger partial charge in [0.25, 0.3) is 0 Å². The summed E-state index contributed by atoms with van der Waals surface area (Å²) >= 11 is 6.16. The lowest BCUT2D eigenvalue weighted by molar-refractivity contribution is -0.120. The van der Waals surface area contributed by atoms with Crippen LogP contribution in [-0.2, 0) is 4.79 Å². The van der Waals surface area contributed by atoms with Crippen LogP contribution in [0.5, 0.6) is 17.2 Å². The van der Waals surface area contributed by atoms with Crippen LogP contribution in [0.15, 0.2) is 12.1 Å². The van der Waals surface area contributed by atoms with Gasteiger partial charge in [-0.05, 0) is 13.0 Å². The summed E-state index contributed by atoms with van der Waals surface area (Å²) in [6.45, 7) is 2.34. The van der Waals surface area contributed by atoms with Gasteiger partial charge in [-0.15, -0.1) is 11.6 Å². The minimum Gasteiger partial charge on any atom is -0.496 e. The molecular weight excluding hydrogens is 270 g/mol. The van der Waals surface area contributed by atoms with Crippen LogP contribution in [0.4, 0.5) is 0 Å². The molecule has 0 aliphatic rings. The van der Waals surface area contributed by atoms with Gasteiger partial charge < -0.3 is 19.5 Å². The highest BCUT2D eigenvalue weighted by Gasteiger charge is 2.23. The third-order valence-electron chi connectivity index (χ3n) is 2.59. The number of hydrogen-bond acceptors (Lipinski definition) is 4. The van der Waals surface area contributed by atoms with Gasteiger partial charge in [-0.25, -0.2) is 0 Å². The van der Waals surface area contributed by atoms with E-state index in [0.717, 1.165) is 0 Å². The molecule has 19 heavy (non-hydrogen) atoms. The highest BCUT2D eigenvalue weighted by molar-refractivity contribution is 6.31. The third kappa shape index (κ3) is 3.44. The first-order chi connectivity index (χ1) is 9.08. The Morgan fingerprint density at radius 1 is 1.16 bits per heavy atom. The van der Waals surface area contributed by atoms with E-state index in [-0.39, 0.29) is 5.91 Å². The Kier molecular flexibility index (Phi) is 5.76. The minimum atomic E-state index is -0.852. The van der Waals surface area contributed by atoms with E-state index in [1.807, 2.05) is 6.92 Å². The molecule has 6 heteroatoms. The molecule has 1 atom stereocenters. The number of rotatable bonds is 6. The maximum Gasteiger partial charge on any atom is 0.242 e. The molecule has 1 amide bonds. The number of alkyl halides is 1. The molecular formula is C13H18ClNO4. The van der Waals surface area contributed by atoms with Gasteiger partial charge >= 0.3 is 0 Å². The van der Waals surface area contributed by atoms with Crippen LogP contribution in [0, 0.1) is 0 Å². The molecule has 1 aromatic carbocycles. The Morgan fingerprint density at radius 3 is 2.16 bits per heavy atom. The molecule has 5 nitrogen and oxygen atoms in total. The molecule has 1 unspecified atom stereocenters. The van der Waals surface area contributed by atoms with Gasteiger partial charge in [0.1, 0.15) is 11.1 Å². The summed E-state index contributed by atoms with van der Waals surface area (Å²) in [6.07, 6.45) is 0. The largest absolute Gasteiger partial charge is 0.496 e. The Hall–Kier alpha value is -1.62. The van der Waals surface area contributed by atoms with E-state index in [1.54, 1.807) is 12.1 Å². The Bertz CT molecular complexity index is 451. The van der Waals surface area contributed by atoms with Crippen LogP contribution >= 0.6 is 11.6 Å². The van der Waals surface area contributed by atoms with E-state index in [2.05, 4.69) is 5.32 Å². The normalized spacial score (nSPS) is 11.6. The second-order valence-electron chi connectivity index (χ2n) is 3.71. The first-order valence-corrected chi connectivity index (χ1v) is 6.24. The van der Waals surface area contributed by atoms with Crippen LogP contribution < -0.4 is 19.5 Å². The molecule has 1 aromatic rings. The highest BCUT2D eigenvalue weighted by Crippen LogP contribution is 2.39. The Balaban J connectivity index is 3.21. The number of halogens is 1. The second kappa shape index (κ2) is 7.09. The SMILES string of the molecule is CCNC(=O)C(Cl)c1cc(OC)c(OC)cc1OC. The van der Waals surface area contributed by atoms with Gasteiger partial charge in [-0.1, -0.05) is 0 Å². The number of methoxy groups -OCH3 is 3. The van der Waals surface area contributed by atoms with E-state index >= 15 is 0 Å². The van der Waals surface area contributed by atoms with Crippen molar-refractivity contribution in [3.05, 3.63) is 17.7 Å². The number of hydrogen-bond donors (Lipinski definition) is 1. The van der Waals surface area contributed by atoms with Crippen molar-refractivity contribution >= 4 is 17.5 Å². The molecule has 1 N–H and O–H groups in total. The van der Waals surface area contributed by atoms with Gasteiger partial charge in [-0.2, -0.15) is 0 Å². The maximum atomic E-state index is 11.8. The average Bonchev–Trinajstić information content (AvgIpc) is 2.45. The lowest BCUT2D eigenvalue weighted by Crippen LogP contribution is -2.26. The molecule has 106 valence electrons. The summed E-state index contributed by atoms with van der Waals surface area (Å²) in [7, 11) is 4.55. The van der Waals surface area contributed by atoms with E-state index in [0.29, 0.717) is 29.4 Å². The van der Waals surface area contributed by atoms with Crippen molar-refractivity contribution in [1.29, 1.82) is 0 Å². The van der Waals surface area contributed by atoms with E-state index in [9.17, 15) is 4.79 Å². The number of likely N-dealkylation sites (N-methyl/N-ethyl adjacent to an activating group) is 1. The van der Waals surface area contributed by atoms with Crippen LogP contribution in [0.3, 0.4) is 0 Å². The summed E-state index contributed by atoms with van der Waals surface area (Å²) < 4.78 is 15.6. The van der Waals surface area contributed by atoms with E-state index < -0.39 is 5.38 Å². The fourth-order valence-corrected chi connectivity index (χ4v) is 1.90. The summed E-state index contributed by atoms with van der Waals surface area (Å²) in [4.78, 5) is 11.8. The van der Waals surface area contributed by atoms with Gasteiger partial charge in [0.15, 0.2) is 11.5 Å². The van der Waals surface area contributed by atoms with Crippen molar-refractivity contribution in [2.24, 2.45) is 0 Å². The van der Waals surface area contributed by atoms with Crippen molar-refractivity contribution in [2.75, 3.05) is 27.9 Å². The van der Waals surface area contributed by atoms with Gasteiger partial charge in [0, 0.05) is 18.2 Å². The van der Waals surface area contributed by atoms with Gasteiger partial charge in [0.05, 0.1) is 21.3 Å². The van der Waals surface area contributed by atoms with Crippen molar-refractivity contribution in [3.63, 3.8) is 0 Å². The molecule has 0 saturated heterocycles. The molecule has 0 aromatic heterocycles. The Labute approximate surface area is 117 Å². The predicted octanol–water partition coefficient (Wildman–Crippen LogP) is 2.13. The lowest BCUT2D eigenvalue weighted by atomic mass is 10.1. The van der Waals surface area contributed by atoms with Crippen LogP contribution in [0.1, 0.15) is 17.9 Å². The molecule has 0 fully saturated rings. The Morgan fingerprint density at radius 2 is 1.68 bits per heavy atom. The lowest BCUT2D eigenvalue weighted by Gasteiger charge is -2.17. The minimum absolute atomic E-state index is 0.283. The second-order valence-corrected chi connectivity index (χ2v) is 4.14. The van der Waals surface area contributed by atoms with Crippen molar-refractivity contribution in [2.45, 2.75) is 12.3 Å². The smallest absolute Gasteiger partial charge is 0.242 e. The fourth-order valence-electron chi connectivity index (χ4n) is 1.66. The molecule has 0 radical (unpaired) electrons. The fraction of sp³-hybridized carbons (Fsp3) is 0.462. The topological polar surface area (TPSA) is 56.8 Å². The first-order valence-electron chi connectivity index (χ1n) is 5.80. The zero-order valence-electron chi connectivity index (χ0n) is 11.5. The van der Waals surface area contributed by atoms with Crippen molar-refractivity contribution in [3.8, 4) is 17.2 Å². The zero-order valence-corrected chi connectivity index (χ0v) is 12.2. The number of carbonyl (C=O) groups is 1. The number of nitrogens with one attached hydrogen (secondary N) is 1. The van der Waals surface area contributed by atoms with E-state index in [1.165, 1.54) is 21.3 Å². The molecule has 0 aliphatic heterocycles. The number of benzene rings is 1.